The molecule has 1 saturated carbocycles. The fraction of sp³-hybridized carbons (Fsp3) is 0.588. The van der Waals surface area contributed by atoms with E-state index in [0.717, 1.165) is 31.4 Å². The van der Waals surface area contributed by atoms with Crippen LogP contribution in [0.5, 0.6) is 5.75 Å². The first-order chi connectivity index (χ1) is 10.2. The number of nitrogens with two attached hydrogens (primary N) is 1. The van der Waals surface area contributed by atoms with E-state index in [4.69, 9.17) is 10.5 Å². The Morgan fingerprint density at radius 1 is 1.33 bits per heavy atom. The Kier molecular flexibility index (Phi) is 6.05. The van der Waals surface area contributed by atoms with Crippen molar-refractivity contribution in [1.82, 2.24) is 5.32 Å². The molecular formula is C17H26N2O2. The fourth-order valence-corrected chi connectivity index (χ4v) is 2.66. The lowest BCUT2D eigenvalue weighted by molar-refractivity contribution is -0.123. The van der Waals surface area contributed by atoms with Gasteiger partial charge in [0.1, 0.15) is 5.75 Å². The van der Waals surface area contributed by atoms with E-state index in [2.05, 4.69) is 12.2 Å². The summed E-state index contributed by atoms with van der Waals surface area (Å²) in [5.74, 6) is 0.698. The van der Waals surface area contributed by atoms with E-state index < -0.39 is 0 Å². The highest BCUT2D eigenvalue weighted by atomic mass is 16.5. The number of nitrogens with one attached hydrogen (secondary N) is 1. The lowest BCUT2D eigenvalue weighted by Crippen LogP contribution is -2.36. The number of rotatable bonds is 7. The molecule has 0 radical (unpaired) electrons. The number of benzene rings is 1. The summed E-state index contributed by atoms with van der Waals surface area (Å²) in [6, 6.07) is 8.38. The van der Waals surface area contributed by atoms with E-state index in [1.807, 2.05) is 24.3 Å². The Morgan fingerprint density at radius 3 is 2.62 bits per heavy atom. The first kappa shape index (κ1) is 15.8. The molecule has 0 heterocycles. The van der Waals surface area contributed by atoms with E-state index in [-0.39, 0.29) is 18.6 Å². The number of amides is 1. The van der Waals surface area contributed by atoms with Crippen LogP contribution in [0.1, 0.15) is 44.6 Å². The topological polar surface area (TPSA) is 64.3 Å². The molecule has 0 bridgehead atoms. The molecule has 3 N–H and O–H groups in total. The molecule has 1 aromatic carbocycles. The van der Waals surface area contributed by atoms with Crippen molar-refractivity contribution < 1.29 is 9.53 Å². The quantitative estimate of drug-likeness (QED) is 0.810. The maximum absolute atomic E-state index is 11.8. The van der Waals surface area contributed by atoms with Crippen LogP contribution in [0.2, 0.25) is 0 Å². The van der Waals surface area contributed by atoms with Crippen molar-refractivity contribution in [2.24, 2.45) is 5.73 Å². The van der Waals surface area contributed by atoms with E-state index in [0.29, 0.717) is 6.04 Å². The first-order valence-electron chi connectivity index (χ1n) is 7.94. The Hall–Kier alpha value is -1.55. The Labute approximate surface area is 127 Å². The van der Waals surface area contributed by atoms with E-state index in [1.54, 1.807) is 0 Å². The van der Waals surface area contributed by atoms with E-state index in [1.165, 1.54) is 18.4 Å². The molecule has 4 nitrogen and oxygen atoms in total. The van der Waals surface area contributed by atoms with Crippen molar-refractivity contribution >= 4 is 5.91 Å². The molecule has 1 atom stereocenters. The Morgan fingerprint density at radius 2 is 2.00 bits per heavy atom. The van der Waals surface area contributed by atoms with Gasteiger partial charge in [-0.15, -0.1) is 0 Å². The highest BCUT2D eigenvalue weighted by Crippen LogP contribution is 2.17. The average Bonchev–Trinajstić information content (AvgIpc) is 2.99. The fourth-order valence-electron chi connectivity index (χ4n) is 2.66. The normalized spacial score (nSPS) is 16.7. The molecule has 1 amide bonds. The summed E-state index contributed by atoms with van der Waals surface area (Å²) >= 11 is 0. The summed E-state index contributed by atoms with van der Waals surface area (Å²) in [6.45, 7) is 2.18. The van der Waals surface area contributed by atoms with Crippen molar-refractivity contribution in [3.05, 3.63) is 29.8 Å². The average molecular weight is 290 g/mol. The van der Waals surface area contributed by atoms with Crippen LogP contribution >= 0.6 is 0 Å². The van der Waals surface area contributed by atoms with Crippen LogP contribution in [0, 0.1) is 0 Å². The number of ether oxygens (including phenoxy) is 1. The maximum atomic E-state index is 11.8. The first-order valence-corrected chi connectivity index (χ1v) is 7.94. The number of hydrogen-bond acceptors (Lipinski definition) is 3. The van der Waals surface area contributed by atoms with Gasteiger partial charge >= 0.3 is 0 Å². The Balaban J connectivity index is 1.73. The van der Waals surface area contributed by atoms with Crippen molar-refractivity contribution in [1.29, 1.82) is 0 Å². The molecule has 1 unspecified atom stereocenters. The van der Waals surface area contributed by atoms with Crippen LogP contribution in [0.3, 0.4) is 0 Å². The van der Waals surface area contributed by atoms with Crippen LogP contribution in [-0.2, 0) is 11.2 Å². The molecule has 2 rings (SSSR count). The molecule has 4 heteroatoms. The van der Waals surface area contributed by atoms with Crippen LogP contribution in [0.4, 0.5) is 0 Å². The molecule has 116 valence electrons. The van der Waals surface area contributed by atoms with Gasteiger partial charge in [0.05, 0.1) is 0 Å². The minimum Gasteiger partial charge on any atom is -0.484 e. The standard InChI is InChI=1S/C17H26N2O2/c1-2-14(18)11-13-7-9-16(10-8-13)21-12-17(20)19-15-5-3-4-6-15/h7-10,14-15H,2-6,11-12,18H2,1H3,(H,19,20). The van der Waals surface area contributed by atoms with Gasteiger partial charge in [0, 0.05) is 12.1 Å². The van der Waals surface area contributed by atoms with Gasteiger partial charge in [-0.05, 0) is 43.4 Å². The molecule has 0 spiro atoms. The number of carbonyl (C=O) groups excluding carboxylic acids is 1. The van der Waals surface area contributed by atoms with Gasteiger partial charge in [-0.1, -0.05) is 31.9 Å². The molecule has 21 heavy (non-hydrogen) atoms. The zero-order valence-electron chi connectivity index (χ0n) is 12.8. The van der Waals surface area contributed by atoms with Gasteiger partial charge in [-0.2, -0.15) is 0 Å². The summed E-state index contributed by atoms with van der Waals surface area (Å²) in [5.41, 5.74) is 7.14. The summed E-state index contributed by atoms with van der Waals surface area (Å²) in [7, 11) is 0. The van der Waals surface area contributed by atoms with Crippen LogP contribution in [0.25, 0.3) is 0 Å². The summed E-state index contributed by atoms with van der Waals surface area (Å²) in [4.78, 5) is 11.8. The maximum Gasteiger partial charge on any atom is 0.258 e. The predicted octanol–water partition coefficient (Wildman–Crippen LogP) is 2.40. The van der Waals surface area contributed by atoms with Crippen LogP contribution in [0.15, 0.2) is 24.3 Å². The SMILES string of the molecule is CCC(N)Cc1ccc(OCC(=O)NC2CCCC2)cc1. The second kappa shape index (κ2) is 8.03. The molecule has 1 aliphatic carbocycles. The van der Waals surface area contributed by atoms with Crippen LogP contribution in [-0.4, -0.2) is 24.6 Å². The molecule has 1 fully saturated rings. The molecule has 0 saturated heterocycles. The minimum absolute atomic E-state index is 0.0287. The van der Waals surface area contributed by atoms with Gasteiger partial charge in [0.15, 0.2) is 6.61 Å². The molecule has 1 aromatic rings. The van der Waals surface area contributed by atoms with Gasteiger partial charge in [-0.3, -0.25) is 4.79 Å². The molecule has 0 aromatic heterocycles. The smallest absolute Gasteiger partial charge is 0.258 e. The third kappa shape index (κ3) is 5.38. The second-order valence-electron chi connectivity index (χ2n) is 5.85. The summed E-state index contributed by atoms with van der Waals surface area (Å²) in [6.07, 6.45) is 6.47. The van der Waals surface area contributed by atoms with Gasteiger partial charge in [-0.25, -0.2) is 0 Å². The van der Waals surface area contributed by atoms with Gasteiger partial charge < -0.3 is 15.8 Å². The predicted molar refractivity (Wildman–Crippen MR) is 84.3 cm³/mol. The highest BCUT2D eigenvalue weighted by molar-refractivity contribution is 5.77. The number of carbonyl (C=O) groups is 1. The monoisotopic (exact) mass is 290 g/mol. The lowest BCUT2D eigenvalue weighted by atomic mass is 10.0. The molecule has 0 aliphatic heterocycles. The van der Waals surface area contributed by atoms with Crippen molar-refractivity contribution in [2.75, 3.05) is 6.61 Å². The highest BCUT2D eigenvalue weighted by Gasteiger charge is 2.17. The zero-order chi connectivity index (χ0) is 15.1. The van der Waals surface area contributed by atoms with Crippen molar-refractivity contribution in [3.8, 4) is 5.75 Å². The molecular weight excluding hydrogens is 264 g/mol. The summed E-state index contributed by atoms with van der Waals surface area (Å²) in [5, 5.41) is 3.01. The Bertz CT molecular complexity index is 439. The van der Waals surface area contributed by atoms with E-state index >= 15 is 0 Å². The van der Waals surface area contributed by atoms with E-state index in [9.17, 15) is 4.79 Å². The van der Waals surface area contributed by atoms with Crippen molar-refractivity contribution in [3.63, 3.8) is 0 Å². The van der Waals surface area contributed by atoms with Gasteiger partial charge in [0.2, 0.25) is 0 Å². The lowest BCUT2D eigenvalue weighted by Gasteiger charge is -2.13. The van der Waals surface area contributed by atoms with Crippen LogP contribution < -0.4 is 15.8 Å². The third-order valence-electron chi connectivity index (χ3n) is 4.04. The second-order valence-corrected chi connectivity index (χ2v) is 5.85. The number of hydrogen-bond donors (Lipinski definition) is 2. The zero-order valence-corrected chi connectivity index (χ0v) is 12.8. The van der Waals surface area contributed by atoms with Gasteiger partial charge in [0.25, 0.3) is 5.91 Å². The molecule has 1 aliphatic rings. The third-order valence-corrected chi connectivity index (χ3v) is 4.04. The minimum atomic E-state index is -0.0287. The largest absolute Gasteiger partial charge is 0.484 e. The summed E-state index contributed by atoms with van der Waals surface area (Å²) < 4.78 is 5.52. The van der Waals surface area contributed by atoms with Crippen molar-refractivity contribution in [2.45, 2.75) is 57.5 Å².